The van der Waals surface area contributed by atoms with E-state index in [0.29, 0.717) is 10.2 Å². The molecule has 0 saturated carbocycles. The Bertz CT molecular complexity index is 724. The minimum atomic E-state index is -0.401. The van der Waals surface area contributed by atoms with Gasteiger partial charge in [-0.2, -0.15) is 18.8 Å². The molecule has 0 bridgehead atoms. The van der Waals surface area contributed by atoms with Gasteiger partial charge < -0.3 is 5.32 Å². The fraction of sp³-hybridized carbons (Fsp3) is 0.118. The molecule has 0 unspecified atom stereocenters. The molecule has 2 rings (SSSR count). The van der Waals surface area contributed by atoms with Gasteiger partial charge in [0, 0.05) is 6.20 Å². The van der Waals surface area contributed by atoms with E-state index in [0.717, 1.165) is 5.56 Å². The van der Waals surface area contributed by atoms with E-state index in [-0.39, 0.29) is 25.1 Å². The molecule has 1 atom stereocenters. The van der Waals surface area contributed by atoms with E-state index in [1.165, 1.54) is 6.08 Å². The van der Waals surface area contributed by atoms with Gasteiger partial charge in [-0.15, -0.1) is 0 Å². The lowest BCUT2D eigenvalue weighted by Gasteiger charge is -2.13. The monoisotopic (exact) mass is 389 g/mol. The number of pyridine rings is 1. The van der Waals surface area contributed by atoms with Crippen LogP contribution in [0.2, 0.25) is 0 Å². The fourth-order valence-electron chi connectivity index (χ4n) is 1.89. The number of rotatable bonds is 4. The van der Waals surface area contributed by atoms with Crippen LogP contribution in [0.15, 0.2) is 58.8 Å². The first-order chi connectivity index (χ1) is 10.6. The Hall–Kier alpha value is -2.10. The van der Waals surface area contributed by atoms with Crippen molar-refractivity contribution < 1.29 is 4.79 Å². The highest BCUT2D eigenvalue weighted by molar-refractivity contribution is 9.10. The summed E-state index contributed by atoms with van der Waals surface area (Å²) >= 11 is 3.24. The second-order valence-corrected chi connectivity index (χ2v) is 5.50. The summed E-state index contributed by atoms with van der Waals surface area (Å²) in [5.41, 5.74) is 1.73. The normalized spacial score (nSPS) is 11.8. The van der Waals surface area contributed by atoms with Crippen LogP contribution in [0, 0.1) is 11.3 Å². The Kier molecular flexibility index (Phi) is 7.52. The summed E-state index contributed by atoms with van der Waals surface area (Å²) in [6.07, 6.45) is 3.11. The van der Waals surface area contributed by atoms with E-state index in [4.69, 9.17) is 0 Å². The van der Waals surface area contributed by atoms with E-state index >= 15 is 0 Å². The predicted octanol–water partition coefficient (Wildman–Crippen LogP) is 3.74. The number of nitrogens with zero attached hydrogens (tertiary/aromatic N) is 2. The van der Waals surface area contributed by atoms with Crippen LogP contribution in [-0.2, 0) is 4.79 Å². The van der Waals surface area contributed by atoms with Crippen LogP contribution in [0.5, 0.6) is 0 Å². The Morgan fingerprint density at radius 3 is 2.57 bits per heavy atom. The maximum Gasteiger partial charge on any atom is 0.262 e. The first-order valence-corrected chi connectivity index (χ1v) is 7.48. The van der Waals surface area contributed by atoms with Gasteiger partial charge >= 0.3 is 0 Å². The average Bonchev–Trinajstić information content (AvgIpc) is 2.55. The predicted molar refractivity (Wildman–Crippen MR) is 98.9 cm³/mol. The zero-order valence-electron chi connectivity index (χ0n) is 12.5. The minimum absolute atomic E-state index is 0. The van der Waals surface area contributed by atoms with Crippen molar-refractivity contribution in [3.8, 4) is 6.07 Å². The molecule has 0 aliphatic rings. The number of carbonyl (C=O) groups is 1. The molecule has 0 spiro atoms. The van der Waals surface area contributed by atoms with Gasteiger partial charge in [-0.3, -0.25) is 4.79 Å². The fourth-order valence-corrected chi connectivity index (χ4v) is 2.12. The number of hydrogen-bond donors (Lipinski definition) is 1. The summed E-state index contributed by atoms with van der Waals surface area (Å²) in [5.74, 6) is -0.401. The van der Waals surface area contributed by atoms with E-state index in [1.807, 2.05) is 43.3 Å². The number of halogens is 1. The molecule has 6 heteroatoms. The van der Waals surface area contributed by atoms with Gasteiger partial charge in [0.25, 0.3) is 5.91 Å². The molecular formula is C17H16BrN3OS. The third kappa shape index (κ3) is 5.55. The molecule has 118 valence electrons. The first-order valence-electron chi connectivity index (χ1n) is 6.69. The van der Waals surface area contributed by atoms with Crippen molar-refractivity contribution in [1.29, 1.82) is 5.26 Å². The van der Waals surface area contributed by atoms with Crippen molar-refractivity contribution in [2.24, 2.45) is 0 Å². The average molecular weight is 390 g/mol. The quantitative estimate of drug-likeness (QED) is 0.491. The van der Waals surface area contributed by atoms with Crippen molar-refractivity contribution in [1.82, 2.24) is 10.3 Å². The van der Waals surface area contributed by atoms with Gasteiger partial charge in [0.2, 0.25) is 0 Å². The Labute approximate surface area is 150 Å². The zero-order chi connectivity index (χ0) is 15.9. The zero-order valence-corrected chi connectivity index (χ0v) is 15.0. The van der Waals surface area contributed by atoms with Gasteiger partial charge in [0.1, 0.15) is 16.2 Å². The summed E-state index contributed by atoms with van der Waals surface area (Å²) in [6, 6.07) is 14.9. The third-order valence-electron chi connectivity index (χ3n) is 3.07. The highest BCUT2D eigenvalue weighted by atomic mass is 79.9. The highest BCUT2D eigenvalue weighted by Crippen LogP contribution is 2.14. The van der Waals surface area contributed by atoms with Crippen LogP contribution in [-0.4, -0.2) is 10.9 Å². The second-order valence-electron chi connectivity index (χ2n) is 4.69. The van der Waals surface area contributed by atoms with Gasteiger partial charge in [-0.1, -0.05) is 36.4 Å². The maximum atomic E-state index is 12.2. The van der Waals surface area contributed by atoms with E-state index in [9.17, 15) is 10.1 Å². The van der Waals surface area contributed by atoms with Gasteiger partial charge in [-0.05, 0) is 46.1 Å². The van der Waals surface area contributed by atoms with Crippen LogP contribution in [0.1, 0.15) is 24.1 Å². The Morgan fingerprint density at radius 1 is 1.30 bits per heavy atom. The summed E-state index contributed by atoms with van der Waals surface area (Å²) in [6.45, 7) is 1.88. The largest absolute Gasteiger partial charge is 0.345 e. The van der Waals surface area contributed by atoms with Crippen LogP contribution in [0.4, 0.5) is 0 Å². The maximum absolute atomic E-state index is 12.2. The molecule has 4 nitrogen and oxygen atoms in total. The number of amides is 1. The van der Waals surface area contributed by atoms with Crippen LogP contribution < -0.4 is 5.32 Å². The number of nitrogens with one attached hydrogen (secondary N) is 1. The standard InChI is InChI=1S/C17H14BrN3O.H2S/c1-12(14-5-3-2-4-6-14)21-17(22)15(10-19)9-13-7-8-16(18)20-11-13;/h2-9,11-12H,1H3,(H,21,22);1H2/b15-9+;/t12-;/m0./s1. The summed E-state index contributed by atoms with van der Waals surface area (Å²) in [7, 11) is 0. The number of benzene rings is 1. The molecule has 0 saturated heterocycles. The SMILES string of the molecule is C[C@H](NC(=O)/C(C#N)=C/c1ccc(Br)nc1)c1ccccc1.S. The highest BCUT2D eigenvalue weighted by Gasteiger charge is 2.13. The third-order valence-corrected chi connectivity index (χ3v) is 3.54. The van der Waals surface area contributed by atoms with Gasteiger partial charge in [-0.25, -0.2) is 4.98 Å². The number of carbonyl (C=O) groups excluding carboxylic acids is 1. The van der Waals surface area contributed by atoms with E-state index in [1.54, 1.807) is 18.3 Å². The molecule has 1 amide bonds. The molecule has 0 fully saturated rings. The molecule has 0 aliphatic carbocycles. The van der Waals surface area contributed by atoms with Crippen LogP contribution >= 0.6 is 29.4 Å². The Balaban J connectivity index is 0.00000264. The Morgan fingerprint density at radius 2 is 2.00 bits per heavy atom. The smallest absolute Gasteiger partial charge is 0.262 e. The van der Waals surface area contributed by atoms with Crippen molar-refractivity contribution in [2.45, 2.75) is 13.0 Å². The lowest BCUT2D eigenvalue weighted by molar-refractivity contribution is -0.117. The van der Waals surface area contributed by atoms with Crippen molar-refractivity contribution in [3.63, 3.8) is 0 Å². The first kappa shape index (κ1) is 18.9. The molecule has 1 aromatic heterocycles. The molecule has 0 radical (unpaired) electrons. The molecule has 1 aromatic carbocycles. The molecule has 1 heterocycles. The summed E-state index contributed by atoms with van der Waals surface area (Å²) in [4.78, 5) is 16.3. The molecule has 1 N–H and O–H groups in total. The molecular weight excluding hydrogens is 374 g/mol. The van der Waals surface area contributed by atoms with Crippen molar-refractivity contribution in [2.75, 3.05) is 0 Å². The van der Waals surface area contributed by atoms with Crippen LogP contribution in [0.25, 0.3) is 6.08 Å². The van der Waals surface area contributed by atoms with E-state index in [2.05, 4.69) is 26.2 Å². The van der Waals surface area contributed by atoms with Gasteiger partial charge in [0.15, 0.2) is 0 Å². The minimum Gasteiger partial charge on any atom is -0.345 e. The molecule has 23 heavy (non-hydrogen) atoms. The lowest BCUT2D eigenvalue weighted by Crippen LogP contribution is -2.27. The van der Waals surface area contributed by atoms with Crippen LogP contribution in [0.3, 0.4) is 0 Å². The van der Waals surface area contributed by atoms with E-state index < -0.39 is 5.91 Å². The molecule has 0 aliphatic heterocycles. The summed E-state index contributed by atoms with van der Waals surface area (Å²) < 4.78 is 0.699. The number of aromatic nitrogens is 1. The lowest BCUT2D eigenvalue weighted by atomic mass is 10.1. The van der Waals surface area contributed by atoms with Crippen molar-refractivity contribution in [3.05, 3.63) is 70.0 Å². The van der Waals surface area contributed by atoms with Gasteiger partial charge in [0.05, 0.1) is 6.04 Å². The number of nitriles is 1. The topological polar surface area (TPSA) is 65.8 Å². The second kappa shape index (κ2) is 9.13. The van der Waals surface area contributed by atoms with Crippen molar-refractivity contribution >= 4 is 41.4 Å². The summed E-state index contributed by atoms with van der Waals surface area (Å²) in [5, 5.41) is 12.0. The number of hydrogen-bond acceptors (Lipinski definition) is 3. The molecule has 2 aromatic rings.